The first-order chi connectivity index (χ1) is 8.79. The van der Waals surface area contributed by atoms with Gasteiger partial charge in [-0.25, -0.2) is 0 Å². The highest BCUT2D eigenvalue weighted by Gasteiger charge is 2.25. The molecule has 1 heterocycles. The van der Waals surface area contributed by atoms with Crippen molar-refractivity contribution in [1.82, 2.24) is 10.2 Å². The standard InChI is InChI=1S/C15H30N2O/c1-13-11-17(9-6-10-18-13)12-14-7-4-3-5-8-15(14)16-2/h13-16H,3-12H2,1-2H3. The van der Waals surface area contributed by atoms with E-state index in [9.17, 15) is 0 Å². The van der Waals surface area contributed by atoms with Gasteiger partial charge in [-0.1, -0.05) is 19.3 Å². The summed E-state index contributed by atoms with van der Waals surface area (Å²) in [5, 5.41) is 3.55. The summed E-state index contributed by atoms with van der Waals surface area (Å²) in [7, 11) is 2.14. The van der Waals surface area contributed by atoms with Gasteiger partial charge in [-0.2, -0.15) is 0 Å². The van der Waals surface area contributed by atoms with Gasteiger partial charge in [0, 0.05) is 32.3 Å². The summed E-state index contributed by atoms with van der Waals surface area (Å²) in [6.45, 7) is 6.75. The second kappa shape index (κ2) is 7.46. The van der Waals surface area contributed by atoms with Crippen LogP contribution in [0.4, 0.5) is 0 Å². The first-order valence-electron chi connectivity index (χ1n) is 7.81. The summed E-state index contributed by atoms with van der Waals surface area (Å²) in [6, 6.07) is 0.729. The summed E-state index contributed by atoms with van der Waals surface area (Å²) in [5.41, 5.74) is 0. The fraction of sp³-hybridized carbons (Fsp3) is 1.00. The van der Waals surface area contributed by atoms with Gasteiger partial charge in [0.15, 0.2) is 0 Å². The zero-order valence-electron chi connectivity index (χ0n) is 12.2. The fourth-order valence-corrected chi connectivity index (χ4v) is 3.56. The van der Waals surface area contributed by atoms with Crippen molar-refractivity contribution in [3.8, 4) is 0 Å². The Balaban J connectivity index is 1.88. The molecule has 1 aliphatic carbocycles. The number of rotatable bonds is 3. The molecule has 2 aliphatic rings. The molecule has 1 aliphatic heterocycles. The van der Waals surface area contributed by atoms with Gasteiger partial charge in [0.25, 0.3) is 0 Å². The smallest absolute Gasteiger partial charge is 0.0673 e. The Bertz CT molecular complexity index is 235. The average Bonchev–Trinajstić information content (AvgIpc) is 2.70. The molecule has 1 saturated carbocycles. The third kappa shape index (κ3) is 4.22. The lowest BCUT2D eigenvalue weighted by Crippen LogP contribution is -2.42. The highest BCUT2D eigenvalue weighted by atomic mass is 16.5. The van der Waals surface area contributed by atoms with E-state index in [1.165, 1.54) is 51.6 Å². The number of hydrogen-bond acceptors (Lipinski definition) is 3. The highest BCUT2D eigenvalue weighted by molar-refractivity contribution is 4.82. The minimum atomic E-state index is 0.409. The monoisotopic (exact) mass is 254 g/mol. The van der Waals surface area contributed by atoms with Crippen molar-refractivity contribution in [1.29, 1.82) is 0 Å². The minimum Gasteiger partial charge on any atom is -0.377 e. The van der Waals surface area contributed by atoms with Crippen molar-refractivity contribution in [2.24, 2.45) is 5.92 Å². The summed E-state index contributed by atoms with van der Waals surface area (Å²) >= 11 is 0. The average molecular weight is 254 g/mol. The van der Waals surface area contributed by atoms with E-state index in [1.54, 1.807) is 0 Å². The van der Waals surface area contributed by atoms with Crippen molar-refractivity contribution >= 4 is 0 Å². The second-order valence-corrected chi connectivity index (χ2v) is 6.09. The third-order valence-corrected chi connectivity index (χ3v) is 4.56. The predicted octanol–water partition coefficient (Wildman–Crippen LogP) is 2.27. The van der Waals surface area contributed by atoms with Crippen LogP contribution >= 0.6 is 0 Å². The van der Waals surface area contributed by atoms with E-state index in [1.807, 2.05) is 0 Å². The molecule has 3 unspecified atom stereocenters. The van der Waals surface area contributed by atoms with Crippen LogP contribution in [0, 0.1) is 5.92 Å². The molecule has 0 aromatic rings. The molecular formula is C15H30N2O. The summed E-state index contributed by atoms with van der Waals surface area (Å²) in [5.74, 6) is 0.836. The molecule has 0 bridgehead atoms. The lowest BCUT2D eigenvalue weighted by Gasteiger charge is -2.31. The van der Waals surface area contributed by atoms with Crippen LogP contribution < -0.4 is 5.32 Å². The Kier molecular flexibility index (Phi) is 5.93. The number of hydrogen-bond donors (Lipinski definition) is 1. The van der Waals surface area contributed by atoms with E-state index in [-0.39, 0.29) is 0 Å². The van der Waals surface area contributed by atoms with E-state index in [0.717, 1.165) is 25.1 Å². The quantitative estimate of drug-likeness (QED) is 0.782. The SMILES string of the molecule is CNC1CCCCCC1CN1CCCOC(C)C1. The van der Waals surface area contributed by atoms with Crippen molar-refractivity contribution in [2.75, 3.05) is 33.3 Å². The maximum Gasteiger partial charge on any atom is 0.0673 e. The van der Waals surface area contributed by atoms with E-state index in [0.29, 0.717) is 6.10 Å². The van der Waals surface area contributed by atoms with Gasteiger partial charge in [-0.3, -0.25) is 0 Å². The molecule has 1 saturated heterocycles. The number of nitrogens with zero attached hydrogens (tertiary/aromatic N) is 1. The Morgan fingerprint density at radius 1 is 1.17 bits per heavy atom. The van der Waals surface area contributed by atoms with Gasteiger partial charge in [0.1, 0.15) is 0 Å². The van der Waals surface area contributed by atoms with Crippen LogP contribution in [0.3, 0.4) is 0 Å². The highest BCUT2D eigenvalue weighted by Crippen LogP contribution is 2.24. The molecule has 0 amide bonds. The first kappa shape index (κ1) is 14.3. The zero-order valence-corrected chi connectivity index (χ0v) is 12.2. The molecule has 0 spiro atoms. The first-order valence-corrected chi connectivity index (χ1v) is 7.81. The van der Waals surface area contributed by atoms with Crippen LogP contribution in [0.1, 0.15) is 45.4 Å². The number of ether oxygens (including phenoxy) is 1. The van der Waals surface area contributed by atoms with Crippen molar-refractivity contribution < 1.29 is 4.74 Å². The molecule has 18 heavy (non-hydrogen) atoms. The van der Waals surface area contributed by atoms with Gasteiger partial charge in [0.2, 0.25) is 0 Å². The lowest BCUT2D eigenvalue weighted by molar-refractivity contribution is 0.0641. The van der Waals surface area contributed by atoms with Crippen LogP contribution in [0.15, 0.2) is 0 Å². The number of nitrogens with one attached hydrogen (secondary N) is 1. The molecule has 1 N–H and O–H groups in total. The van der Waals surface area contributed by atoms with E-state index < -0.39 is 0 Å². The maximum absolute atomic E-state index is 5.74. The molecule has 0 aromatic carbocycles. The summed E-state index contributed by atoms with van der Waals surface area (Å²) in [6.07, 6.45) is 8.62. The van der Waals surface area contributed by atoms with Gasteiger partial charge < -0.3 is 15.0 Å². The Morgan fingerprint density at radius 2 is 2.00 bits per heavy atom. The van der Waals surface area contributed by atoms with Crippen LogP contribution in [0.25, 0.3) is 0 Å². The molecule has 3 nitrogen and oxygen atoms in total. The van der Waals surface area contributed by atoms with Gasteiger partial charge >= 0.3 is 0 Å². The molecule has 106 valence electrons. The molecule has 2 rings (SSSR count). The van der Waals surface area contributed by atoms with E-state index in [2.05, 4.69) is 24.2 Å². The van der Waals surface area contributed by atoms with Gasteiger partial charge in [-0.15, -0.1) is 0 Å². The van der Waals surface area contributed by atoms with Crippen LogP contribution in [0.2, 0.25) is 0 Å². The topological polar surface area (TPSA) is 24.5 Å². The van der Waals surface area contributed by atoms with E-state index >= 15 is 0 Å². The minimum absolute atomic E-state index is 0.409. The second-order valence-electron chi connectivity index (χ2n) is 6.09. The van der Waals surface area contributed by atoms with Gasteiger partial charge in [-0.05, 0) is 39.2 Å². The zero-order chi connectivity index (χ0) is 12.8. The fourth-order valence-electron chi connectivity index (χ4n) is 3.56. The normalized spacial score (nSPS) is 36.0. The largest absolute Gasteiger partial charge is 0.377 e. The predicted molar refractivity (Wildman–Crippen MR) is 75.9 cm³/mol. The van der Waals surface area contributed by atoms with Gasteiger partial charge in [0.05, 0.1) is 6.10 Å². The molecule has 0 aromatic heterocycles. The summed E-state index contributed by atoms with van der Waals surface area (Å²) < 4.78 is 5.74. The van der Waals surface area contributed by atoms with E-state index in [4.69, 9.17) is 4.74 Å². The van der Waals surface area contributed by atoms with Crippen LogP contribution in [-0.4, -0.2) is 50.3 Å². The Morgan fingerprint density at radius 3 is 2.83 bits per heavy atom. The van der Waals surface area contributed by atoms with Crippen molar-refractivity contribution in [3.63, 3.8) is 0 Å². The Labute approximate surface area is 112 Å². The third-order valence-electron chi connectivity index (χ3n) is 4.56. The molecule has 3 heteroatoms. The lowest BCUT2D eigenvalue weighted by atomic mass is 9.94. The molecular weight excluding hydrogens is 224 g/mol. The van der Waals surface area contributed by atoms with Crippen LogP contribution in [0.5, 0.6) is 0 Å². The Hall–Kier alpha value is -0.120. The molecule has 0 radical (unpaired) electrons. The summed E-state index contributed by atoms with van der Waals surface area (Å²) in [4.78, 5) is 2.64. The molecule has 3 atom stereocenters. The van der Waals surface area contributed by atoms with Crippen LogP contribution in [-0.2, 0) is 4.74 Å². The van der Waals surface area contributed by atoms with Crippen molar-refractivity contribution in [2.45, 2.75) is 57.6 Å². The maximum atomic E-state index is 5.74. The van der Waals surface area contributed by atoms with Crippen molar-refractivity contribution in [3.05, 3.63) is 0 Å². The molecule has 2 fully saturated rings.